The minimum absolute atomic E-state index is 0.276. The lowest BCUT2D eigenvalue weighted by atomic mass is 10.1. The molecule has 0 aliphatic carbocycles. The topological polar surface area (TPSA) is 45.5 Å². The van der Waals surface area contributed by atoms with Gasteiger partial charge in [0.2, 0.25) is 0 Å². The molecule has 0 saturated carbocycles. The van der Waals surface area contributed by atoms with Gasteiger partial charge in [-0.2, -0.15) is 0 Å². The summed E-state index contributed by atoms with van der Waals surface area (Å²) in [5.41, 5.74) is 1.70. The predicted octanol–water partition coefficient (Wildman–Crippen LogP) is 4.18. The Labute approximate surface area is 128 Å². The van der Waals surface area contributed by atoms with Gasteiger partial charge in [-0.05, 0) is 49.6 Å². The zero-order chi connectivity index (χ0) is 14.7. The zero-order valence-electron chi connectivity index (χ0n) is 11.6. The van der Waals surface area contributed by atoms with Gasteiger partial charge in [0.15, 0.2) is 5.76 Å². The van der Waals surface area contributed by atoms with Crippen LogP contribution in [0, 0.1) is 0 Å². The van der Waals surface area contributed by atoms with E-state index in [4.69, 9.17) is 16.0 Å². The van der Waals surface area contributed by atoms with Crippen LogP contribution in [0.25, 0.3) is 0 Å². The Bertz CT molecular complexity index is 619. The number of hydrogen-bond donors (Lipinski definition) is 1. The Morgan fingerprint density at radius 3 is 2.67 bits per heavy atom. The number of hydrogen-bond acceptors (Lipinski definition) is 3. The molecular formula is C16H17ClN2O2. The maximum absolute atomic E-state index is 11.9. The van der Waals surface area contributed by atoms with Crippen molar-refractivity contribution in [2.24, 2.45) is 0 Å². The minimum Gasteiger partial charge on any atom is -0.459 e. The van der Waals surface area contributed by atoms with Crippen LogP contribution in [-0.4, -0.2) is 19.0 Å². The van der Waals surface area contributed by atoms with E-state index in [1.54, 1.807) is 18.2 Å². The van der Waals surface area contributed by atoms with Crippen LogP contribution in [0.5, 0.6) is 0 Å². The second-order valence-corrected chi connectivity index (χ2v) is 5.55. The molecule has 1 N–H and O–H groups in total. The molecule has 1 aromatic heterocycles. The Morgan fingerprint density at radius 1 is 1.19 bits per heavy atom. The molecule has 0 atom stereocenters. The number of halogens is 1. The highest BCUT2D eigenvalue weighted by atomic mass is 35.5. The number of furan rings is 1. The summed E-state index contributed by atoms with van der Waals surface area (Å²) in [6, 6.07) is 8.93. The van der Waals surface area contributed by atoms with Crippen molar-refractivity contribution in [3.63, 3.8) is 0 Å². The molecule has 0 spiro atoms. The minimum atomic E-state index is -0.276. The SMILES string of the molecule is O=C(Nc1ccc(N2CCCCC2)c(Cl)c1)c1ccco1. The number of nitrogens with zero attached hydrogens (tertiary/aromatic N) is 1. The van der Waals surface area contributed by atoms with E-state index in [1.165, 1.54) is 25.5 Å². The molecule has 0 bridgehead atoms. The van der Waals surface area contributed by atoms with Crippen LogP contribution in [0.15, 0.2) is 41.0 Å². The van der Waals surface area contributed by atoms with Crippen LogP contribution in [0.1, 0.15) is 29.8 Å². The molecule has 1 aliphatic rings. The third-order valence-corrected chi connectivity index (χ3v) is 3.95. The maximum Gasteiger partial charge on any atom is 0.291 e. The number of anilines is 2. The van der Waals surface area contributed by atoms with Crippen LogP contribution in [0.4, 0.5) is 11.4 Å². The average Bonchev–Trinajstić information content (AvgIpc) is 3.02. The van der Waals surface area contributed by atoms with E-state index in [2.05, 4.69) is 10.2 Å². The predicted molar refractivity (Wildman–Crippen MR) is 84.2 cm³/mol. The normalized spacial score (nSPS) is 15.0. The van der Waals surface area contributed by atoms with Crippen molar-refractivity contribution in [1.82, 2.24) is 0 Å². The van der Waals surface area contributed by atoms with Gasteiger partial charge in [0.05, 0.1) is 17.0 Å². The van der Waals surface area contributed by atoms with Crippen LogP contribution < -0.4 is 10.2 Å². The number of carbonyl (C=O) groups is 1. The molecule has 1 saturated heterocycles. The molecule has 0 unspecified atom stereocenters. The molecule has 3 rings (SSSR count). The number of amides is 1. The summed E-state index contributed by atoms with van der Waals surface area (Å²) in [5.74, 6) is 0.00742. The molecule has 2 heterocycles. The number of nitrogens with one attached hydrogen (secondary N) is 1. The highest BCUT2D eigenvalue weighted by molar-refractivity contribution is 6.33. The maximum atomic E-state index is 11.9. The highest BCUT2D eigenvalue weighted by Gasteiger charge is 2.15. The van der Waals surface area contributed by atoms with E-state index in [0.717, 1.165) is 18.8 Å². The monoisotopic (exact) mass is 304 g/mol. The van der Waals surface area contributed by atoms with Crippen LogP contribution in [-0.2, 0) is 0 Å². The fourth-order valence-electron chi connectivity index (χ4n) is 2.58. The average molecular weight is 305 g/mol. The van der Waals surface area contributed by atoms with E-state index < -0.39 is 0 Å². The van der Waals surface area contributed by atoms with Gasteiger partial charge in [0.25, 0.3) is 5.91 Å². The molecule has 21 heavy (non-hydrogen) atoms. The Balaban J connectivity index is 1.73. The van der Waals surface area contributed by atoms with Gasteiger partial charge in [-0.25, -0.2) is 0 Å². The lowest BCUT2D eigenvalue weighted by molar-refractivity contribution is 0.0996. The Hall–Kier alpha value is -1.94. The Morgan fingerprint density at radius 2 is 2.00 bits per heavy atom. The second-order valence-electron chi connectivity index (χ2n) is 5.15. The lowest BCUT2D eigenvalue weighted by Crippen LogP contribution is -2.29. The summed E-state index contributed by atoms with van der Waals surface area (Å²) in [6.45, 7) is 2.08. The van der Waals surface area contributed by atoms with Gasteiger partial charge in [0, 0.05) is 18.8 Å². The standard InChI is InChI=1S/C16H17ClN2O2/c17-13-11-12(18-16(20)15-5-4-10-21-15)6-7-14(13)19-8-2-1-3-9-19/h4-7,10-11H,1-3,8-9H2,(H,18,20). The summed E-state index contributed by atoms with van der Waals surface area (Å²) in [5, 5.41) is 3.44. The van der Waals surface area contributed by atoms with Gasteiger partial charge in [-0.3, -0.25) is 4.79 Å². The van der Waals surface area contributed by atoms with Crippen molar-refractivity contribution in [3.8, 4) is 0 Å². The highest BCUT2D eigenvalue weighted by Crippen LogP contribution is 2.30. The molecule has 1 aromatic carbocycles. The van der Waals surface area contributed by atoms with Crippen molar-refractivity contribution >= 4 is 28.9 Å². The number of carbonyl (C=O) groups excluding carboxylic acids is 1. The van der Waals surface area contributed by atoms with Crippen molar-refractivity contribution in [2.75, 3.05) is 23.3 Å². The van der Waals surface area contributed by atoms with Gasteiger partial charge in [0.1, 0.15) is 0 Å². The smallest absolute Gasteiger partial charge is 0.291 e. The third-order valence-electron chi connectivity index (χ3n) is 3.65. The van der Waals surface area contributed by atoms with Crippen LogP contribution in [0.2, 0.25) is 5.02 Å². The second kappa shape index (κ2) is 6.22. The van der Waals surface area contributed by atoms with E-state index in [-0.39, 0.29) is 11.7 Å². The quantitative estimate of drug-likeness (QED) is 0.925. The van der Waals surface area contributed by atoms with Crippen molar-refractivity contribution in [3.05, 3.63) is 47.4 Å². The van der Waals surface area contributed by atoms with Crippen LogP contribution in [0.3, 0.4) is 0 Å². The third kappa shape index (κ3) is 3.22. The van der Waals surface area contributed by atoms with Gasteiger partial charge >= 0.3 is 0 Å². The van der Waals surface area contributed by atoms with E-state index in [0.29, 0.717) is 10.7 Å². The molecule has 4 nitrogen and oxygen atoms in total. The number of piperidine rings is 1. The van der Waals surface area contributed by atoms with Gasteiger partial charge in [-0.1, -0.05) is 11.6 Å². The largest absolute Gasteiger partial charge is 0.459 e. The molecule has 1 aliphatic heterocycles. The summed E-state index contributed by atoms with van der Waals surface area (Å²) in [4.78, 5) is 14.2. The van der Waals surface area contributed by atoms with E-state index in [9.17, 15) is 4.79 Å². The van der Waals surface area contributed by atoms with Gasteiger partial charge in [-0.15, -0.1) is 0 Å². The van der Waals surface area contributed by atoms with Crippen molar-refractivity contribution in [2.45, 2.75) is 19.3 Å². The first kappa shape index (κ1) is 14.0. The molecule has 5 heteroatoms. The first-order chi connectivity index (χ1) is 10.2. The lowest BCUT2D eigenvalue weighted by Gasteiger charge is -2.29. The fourth-order valence-corrected chi connectivity index (χ4v) is 2.88. The molecular weight excluding hydrogens is 288 g/mol. The van der Waals surface area contributed by atoms with E-state index >= 15 is 0 Å². The summed E-state index contributed by atoms with van der Waals surface area (Å²) in [6.07, 6.45) is 5.16. The number of rotatable bonds is 3. The molecule has 2 aromatic rings. The van der Waals surface area contributed by atoms with Gasteiger partial charge < -0.3 is 14.6 Å². The van der Waals surface area contributed by atoms with Crippen LogP contribution >= 0.6 is 11.6 Å². The van der Waals surface area contributed by atoms with Crippen molar-refractivity contribution < 1.29 is 9.21 Å². The first-order valence-electron chi connectivity index (χ1n) is 7.13. The molecule has 110 valence electrons. The summed E-state index contributed by atoms with van der Waals surface area (Å²) >= 11 is 6.35. The van der Waals surface area contributed by atoms with E-state index in [1.807, 2.05) is 12.1 Å². The summed E-state index contributed by atoms with van der Waals surface area (Å²) in [7, 11) is 0. The summed E-state index contributed by atoms with van der Waals surface area (Å²) < 4.78 is 5.06. The Kier molecular flexibility index (Phi) is 4.15. The van der Waals surface area contributed by atoms with Crippen molar-refractivity contribution in [1.29, 1.82) is 0 Å². The fraction of sp³-hybridized carbons (Fsp3) is 0.312. The molecule has 1 amide bonds. The first-order valence-corrected chi connectivity index (χ1v) is 7.51. The molecule has 1 fully saturated rings. The number of benzene rings is 1. The zero-order valence-corrected chi connectivity index (χ0v) is 12.4. The molecule has 0 radical (unpaired) electrons.